The van der Waals surface area contributed by atoms with E-state index in [1.54, 1.807) is 0 Å². The minimum atomic E-state index is 0.318. The number of halogens is 1. The summed E-state index contributed by atoms with van der Waals surface area (Å²) in [5.74, 6) is 0. The van der Waals surface area contributed by atoms with E-state index in [2.05, 4.69) is 92.0 Å². The van der Waals surface area contributed by atoms with Crippen molar-refractivity contribution in [3.63, 3.8) is 0 Å². The maximum atomic E-state index is 3.62. The summed E-state index contributed by atoms with van der Waals surface area (Å²) in [4.78, 5) is 0. The number of benzene rings is 2. The first-order valence-electron chi connectivity index (χ1n) is 6.57. The molecular formula is C17H20IN. The molecule has 0 radical (unpaired) electrons. The van der Waals surface area contributed by atoms with Crippen LogP contribution in [0.1, 0.15) is 35.2 Å². The molecule has 1 unspecified atom stereocenters. The van der Waals surface area contributed by atoms with E-state index in [0.29, 0.717) is 6.04 Å². The van der Waals surface area contributed by atoms with Crippen molar-refractivity contribution in [1.82, 2.24) is 0 Å². The van der Waals surface area contributed by atoms with E-state index in [1.807, 2.05) is 0 Å². The summed E-state index contributed by atoms with van der Waals surface area (Å²) in [6.07, 6.45) is 0. The smallest absolute Gasteiger partial charge is 0.0488 e. The van der Waals surface area contributed by atoms with Crippen LogP contribution in [0.15, 0.2) is 36.4 Å². The van der Waals surface area contributed by atoms with E-state index >= 15 is 0 Å². The molecule has 1 N–H and O–H groups in total. The second-order valence-corrected chi connectivity index (χ2v) is 6.43. The summed E-state index contributed by atoms with van der Waals surface area (Å²) in [6, 6.07) is 13.5. The molecule has 1 atom stereocenters. The zero-order valence-corrected chi connectivity index (χ0v) is 14.1. The molecule has 0 spiro atoms. The van der Waals surface area contributed by atoms with E-state index in [0.717, 1.165) is 0 Å². The number of hydrogen-bond donors (Lipinski definition) is 1. The Morgan fingerprint density at radius 3 is 2.37 bits per heavy atom. The van der Waals surface area contributed by atoms with Crippen molar-refractivity contribution in [2.24, 2.45) is 0 Å². The van der Waals surface area contributed by atoms with Gasteiger partial charge in [-0.15, -0.1) is 0 Å². The fourth-order valence-corrected chi connectivity index (χ4v) is 2.97. The Hall–Kier alpha value is -1.03. The minimum Gasteiger partial charge on any atom is -0.378 e. The van der Waals surface area contributed by atoms with E-state index in [9.17, 15) is 0 Å². The van der Waals surface area contributed by atoms with Gasteiger partial charge < -0.3 is 5.32 Å². The monoisotopic (exact) mass is 365 g/mol. The predicted molar refractivity (Wildman–Crippen MR) is 91.8 cm³/mol. The highest BCUT2D eigenvalue weighted by Gasteiger charge is 2.09. The number of aryl methyl sites for hydroxylation is 3. The molecule has 0 aromatic heterocycles. The Morgan fingerprint density at radius 2 is 1.68 bits per heavy atom. The van der Waals surface area contributed by atoms with Gasteiger partial charge in [0.05, 0.1) is 0 Å². The molecule has 0 aliphatic rings. The highest BCUT2D eigenvalue weighted by Crippen LogP contribution is 2.25. The lowest BCUT2D eigenvalue weighted by atomic mass is 9.99. The molecular weight excluding hydrogens is 345 g/mol. The molecule has 0 amide bonds. The third-order valence-electron chi connectivity index (χ3n) is 3.46. The average molecular weight is 365 g/mol. The quantitative estimate of drug-likeness (QED) is 0.720. The molecule has 19 heavy (non-hydrogen) atoms. The Balaban J connectivity index is 2.25. The second kappa shape index (κ2) is 5.95. The first kappa shape index (κ1) is 14.4. The Labute approximate surface area is 129 Å². The van der Waals surface area contributed by atoms with E-state index in [-0.39, 0.29) is 0 Å². The molecule has 0 bridgehead atoms. The molecule has 2 aromatic carbocycles. The van der Waals surface area contributed by atoms with Gasteiger partial charge in [0.2, 0.25) is 0 Å². The Kier molecular flexibility index (Phi) is 4.50. The largest absolute Gasteiger partial charge is 0.378 e. The van der Waals surface area contributed by atoms with Crippen LogP contribution >= 0.6 is 22.6 Å². The molecule has 0 saturated carbocycles. The molecule has 1 nitrogen and oxygen atoms in total. The molecule has 2 heteroatoms. The number of anilines is 1. The minimum absolute atomic E-state index is 0.318. The van der Waals surface area contributed by atoms with Gasteiger partial charge in [0.25, 0.3) is 0 Å². The molecule has 2 rings (SSSR count). The summed E-state index contributed by atoms with van der Waals surface area (Å²) >= 11 is 2.35. The summed E-state index contributed by atoms with van der Waals surface area (Å²) in [5.41, 5.74) is 6.54. The van der Waals surface area contributed by atoms with Crippen molar-refractivity contribution < 1.29 is 0 Å². The third-order valence-corrected chi connectivity index (χ3v) is 4.13. The first-order chi connectivity index (χ1) is 8.97. The van der Waals surface area contributed by atoms with Gasteiger partial charge in [-0.3, -0.25) is 0 Å². The number of rotatable bonds is 3. The molecule has 0 aliphatic carbocycles. The van der Waals surface area contributed by atoms with Crippen LogP contribution in [0, 0.1) is 24.3 Å². The molecule has 0 saturated heterocycles. The predicted octanol–water partition coefficient (Wildman–Crippen LogP) is 5.39. The average Bonchev–Trinajstić information content (AvgIpc) is 2.35. The number of hydrogen-bond acceptors (Lipinski definition) is 1. The molecule has 0 aliphatic heterocycles. The summed E-state index contributed by atoms with van der Waals surface area (Å²) in [6.45, 7) is 8.69. The standard InChI is InChI=1S/C17H20IN/c1-11-5-6-12(2)16(9-11)14(4)19-17-8-7-15(18)10-13(17)3/h5-10,14,19H,1-4H3. The van der Waals surface area contributed by atoms with Crippen molar-refractivity contribution >= 4 is 28.3 Å². The highest BCUT2D eigenvalue weighted by atomic mass is 127. The van der Waals surface area contributed by atoms with Crippen molar-refractivity contribution in [3.05, 3.63) is 62.2 Å². The maximum absolute atomic E-state index is 3.62. The van der Waals surface area contributed by atoms with Crippen LogP contribution < -0.4 is 5.32 Å². The van der Waals surface area contributed by atoms with Crippen LogP contribution in [-0.2, 0) is 0 Å². The normalized spacial score (nSPS) is 12.3. The molecule has 0 heterocycles. The zero-order valence-electron chi connectivity index (χ0n) is 11.9. The van der Waals surface area contributed by atoms with Crippen LogP contribution in [0.25, 0.3) is 0 Å². The van der Waals surface area contributed by atoms with E-state index in [4.69, 9.17) is 0 Å². The summed E-state index contributed by atoms with van der Waals surface area (Å²) < 4.78 is 1.28. The summed E-state index contributed by atoms with van der Waals surface area (Å²) in [7, 11) is 0. The van der Waals surface area contributed by atoms with Gasteiger partial charge in [-0.05, 0) is 85.2 Å². The molecule has 2 aromatic rings. The van der Waals surface area contributed by atoms with Gasteiger partial charge in [0.15, 0.2) is 0 Å². The first-order valence-corrected chi connectivity index (χ1v) is 7.65. The fourth-order valence-electron chi connectivity index (χ4n) is 2.33. The second-order valence-electron chi connectivity index (χ2n) is 5.19. The lowest BCUT2D eigenvalue weighted by molar-refractivity contribution is 0.870. The summed E-state index contributed by atoms with van der Waals surface area (Å²) in [5, 5.41) is 3.62. The van der Waals surface area contributed by atoms with Crippen LogP contribution in [0.4, 0.5) is 5.69 Å². The molecule has 100 valence electrons. The van der Waals surface area contributed by atoms with Gasteiger partial charge in [0, 0.05) is 15.3 Å². The van der Waals surface area contributed by atoms with Crippen molar-refractivity contribution in [1.29, 1.82) is 0 Å². The topological polar surface area (TPSA) is 12.0 Å². The van der Waals surface area contributed by atoms with Crippen molar-refractivity contribution in [2.75, 3.05) is 5.32 Å². The van der Waals surface area contributed by atoms with Gasteiger partial charge >= 0.3 is 0 Å². The lowest BCUT2D eigenvalue weighted by Gasteiger charge is -2.20. The van der Waals surface area contributed by atoms with Gasteiger partial charge in [-0.25, -0.2) is 0 Å². The highest BCUT2D eigenvalue weighted by molar-refractivity contribution is 14.1. The number of nitrogens with one attached hydrogen (secondary N) is 1. The molecule has 0 fully saturated rings. The zero-order chi connectivity index (χ0) is 14.0. The third kappa shape index (κ3) is 3.50. The SMILES string of the molecule is Cc1ccc(C)c(C(C)Nc2ccc(I)cc2C)c1. The van der Waals surface area contributed by atoms with Crippen LogP contribution in [-0.4, -0.2) is 0 Å². The van der Waals surface area contributed by atoms with Crippen LogP contribution in [0.5, 0.6) is 0 Å². The lowest BCUT2D eigenvalue weighted by Crippen LogP contribution is -2.09. The van der Waals surface area contributed by atoms with E-state index in [1.165, 1.54) is 31.5 Å². The van der Waals surface area contributed by atoms with Crippen LogP contribution in [0.3, 0.4) is 0 Å². The van der Waals surface area contributed by atoms with Crippen LogP contribution in [0.2, 0.25) is 0 Å². The fraction of sp³-hybridized carbons (Fsp3) is 0.294. The maximum Gasteiger partial charge on any atom is 0.0488 e. The van der Waals surface area contributed by atoms with Gasteiger partial charge in [-0.2, -0.15) is 0 Å². The van der Waals surface area contributed by atoms with E-state index < -0.39 is 0 Å². The van der Waals surface area contributed by atoms with Gasteiger partial charge in [-0.1, -0.05) is 23.8 Å². The van der Waals surface area contributed by atoms with Gasteiger partial charge in [0.1, 0.15) is 0 Å². The van der Waals surface area contributed by atoms with Crippen molar-refractivity contribution in [3.8, 4) is 0 Å². The Morgan fingerprint density at radius 1 is 0.947 bits per heavy atom. The Bertz CT molecular complexity index is 590. The van der Waals surface area contributed by atoms with Crippen molar-refractivity contribution in [2.45, 2.75) is 33.7 Å².